The molecule has 0 aromatic carbocycles. The summed E-state index contributed by atoms with van der Waals surface area (Å²) in [4.78, 5) is 0. The summed E-state index contributed by atoms with van der Waals surface area (Å²) < 4.78 is 0.909. The molecule has 0 heterocycles. The van der Waals surface area contributed by atoms with Gasteiger partial charge in [0.2, 0.25) is 0 Å². The van der Waals surface area contributed by atoms with Crippen molar-refractivity contribution >= 4 is 22.6 Å². The van der Waals surface area contributed by atoms with E-state index in [9.17, 15) is 0 Å². The zero-order valence-corrected chi connectivity index (χ0v) is 10.9. The maximum Gasteiger partial charge on any atom is 0.0145 e. The van der Waals surface area contributed by atoms with E-state index in [0.29, 0.717) is 5.41 Å². The number of rotatable bonds is 0. The lowest BCUT2D eigenvalue weighted by molar-refractivity contribution is 0.170. The van der Waals surface area contributed by atoms with Crippen molar-refractivity contribution in [1.82, 2.24) is 0 Å². The Hall–Kier alpha value is 0.730. The maximum absolute atomic E-state index is 2.66. The maximum atomic E-state index is 2.66. The average Bonchev–Trinajstić information content (AvgIpc) is 1.83. The van der Waals surface area contributed by atoms with Crippen LogP contribution in [0.25, 0.3) is 0 Å². The number of hydrogen-bond acceptors (Lipinski definition) is 0. The van der Waals surface area contributed by atoms with Crippen LogP contribution in [0.2, 0.25) is 0 Å². The Balaban J connectivity index is 2.57. The molecule has 1 rings (SSSR count). The highest BCUT2D eigenvalue weighted by Gasteiger charge is 2.34. The van der Waals surface area contributed by atoms with Crippen LogP contribution in [-0.4, -0.2) is 3.92 Å². The number of halogens is 1. The highest BCUT2D eigenvalue weighted by atomic mass is 127. The Morgan fingerprint density at radius 3 is 2.17 bits per heavy atom. The summed E-state index contributed by atoms with van der Waals surface area (Å²) in [5.74, 6) is 1.90. The van der Waals surface area contributed by atoms with Crippen LogP contribution in [0.5, 0.6) is 0 Å². The van der Waals surface area contributed by atoms with Crippen LogP contribution < -0.4 is 0 Å². The summed E-state index contributed by atoms with van der Waals surface area (Å²) in [6.45, 7) is 9.56. The largest absolute Gasteiger partial charge is 0.0823 e. The summed E-state index contributed by atoms with van der Waals surface area (Å²) in [6, 6.07) is 0. The fourth-order valence-electron chi connectivity index (χ4n) is 2.29. The highest BCUT2D eigenvalue weighted by Crippen LogP contribution is 2.43. The van der Waals surface area contributed by atoms with Gasteiger partial charge in [-0.05, 0) is 30.1 Å². The van der Waals surface area contributed by atoms with Gasteiger partial charge in [0.15, 0.2) is 0 Å². The van der Waals surface area contributed by atoms with E-state index in [1.54, 1.807) is 0 Å². The normalized spacial score (nSPS) is 38.2. The predicted molar refractivity (Wildman–Crippen MR) is 63.8 cm³/mol. The summed E-state index contributed by atoms with van der Waals surface area (Å²) in [7, 11) is 0. The van der Waals surface area contributed by atoms with E-state index in [4.69, 9.17) is 0 Å². The zero-order valence-electron chi connectivity index (χ0n) is 8.73. The molecule has 1 saturated carbocycles. The fourth-order valence-corrected chi connectivity index (χ4v) is 4.59. The van der Waals surface area contributed by atoms with Gasteiger partial charge in [-0.3, -0.25) is 0 Å². The van der Waals surface area contributed by atoms with Gasteiger partial charge in [0.1, 0.15) is 0 Å². The molecule has 0 aromatic heterocycles. The van der Waals surface area contributed by atoms with Crippen molar-refractivity contribution in [3.05, 3.63) is 0 Å². The minimum atomic E-state index is 0.520. The Labute approximate surface area is 90.6 Å². The van der Waals surface area contributed by atoms with Gasteiger partial charge in [-0.25, -0.2) is 0 Å². The summed E-state index contributed by atoms with van der Waals surface area (Å²) in [6.07, 6.45) is 4.32. The van der Waals surface area contributed by atoms with Crippen molar-refractivity contribution in [2.24, 2.45) is 17.3 Å². The monoisotopic (exact) mass is 280 g/mol. The fraction of sp³-hybridized carbons (Fsp3) is 1.00. The second-order valence-electron chi connectivity index (χ2n) is 5.41. The Bertz CT molecular complexity index is 146. The topological polar surface area (TPSA) is 0 Å². The van der Waals surface area contributed by atoms with Crippen LogP contribution in [0.15, 0.2) is 0 Å². The molecule has 0 radical (unpaired) electrons. The van der Waals surface area contributed by atoms with E-state index in [2.05, 4.69) is 50.3 Å². The molecule has 3 atom stereocenters. The molecule has 1 heteroatoms. The van der Waals surface area contributed by atoms with Crippen LogP contribution in [0, 0.1) is 17.3 Å². The van der Waals surface area contributed by atoms with Gasteiger partial charge in [0, 0.05) is 3.92 Å². The lowest BCUT2D eigenvalue weighted by atomic mass is 9.70. The molecule has 72 valence electrons. The molecule has 0 aliphatic heterocycles. The van der Waals surface area contributed by atoms with Crippen LogP contribution >= 0.6 is 22.6 Å². The van der Waals surface area contributed by atoms with Crippen molar-refractivity contribution in [2.75, 3.05) is 0 Å². The smallest absolute Gasteiger partial charge is 0.0145 e. The summed E-state index contributed by atoms with van der Waals surface area (Å²) in [5.41, 5.74) is 0.520. The minimum Gasteiger partial charge on any atom is -0.0823 e. The molecular weight excluding hydrogens is 259 g/mol. The third-order valence-corrected chi connectivity index (χ3v) is 4.52. The minimum absolute atomic E-state index is 0.520. The summed E-state index contributed by atoms with van der Waals surface area (Å²) in [5, 5.41) is 0. The Morgan fingerprint density at radius 1 is 1.17 bits per heavy atom. The molecule has 3 unspecified atom stereocenters. The molecular formula is C11H21I. The van der Waals surface area contributed by atoms with Crippen molar-refractivity contribution < 1.29 is 0 Å². The van der Waals surface area contributed by atoms with Crippen LogP contribution in [0.4, 0.5) is 0 Å². The third-order valence-electron chi connectivity index (χ3n) is 3.15. The lowest BCUT2D eigenvalue weighted by Gasteiger charge is -2.40. The Kier molecular flexibility index (Phi) is 3.47. The lowest BCUT2D eigenvalue weighted by Crippen LogP contribution is -2.33. The van der Waals surface area contributed by atoms with Crippen LogP contribution in [-0.2, 0) is 0 Å². The first-order valence-corrected chi connectivity index (χ1v) is 6.30. The van der Waals surface area contributed by atoms with Gasteiger partial charge in [-0.2, -0.15) is 0 Å². The Morgan fingerprint density at radius 2 is 1.75 bits per heavy atom. The van der Waals surface area contributed by atoms with E-state index in [-0.39, 0.29) is 0 Å². The molecule has 12 heavy (non-hydrogen) atoms. The van der Waals surface area contributed by atoms with Gasteiger partial charge >= 0.3 is 0 Å². The van der Waals surface area contributed by atoms with E-state index in [0.717, 1.165) is 15.8 Å². The van der Waals surface area contributed by atoms with E-state index in [1.165, 1.54) is 19.3 Å². The van der Waals surface area contributed by atoms with Crippen molar-refractivity contribution in [1.29, 1.82) is 0 Å². The van der Waals surface area contributed by atoms with Crippen molar-refractivity contribution in [2.45, 2.75) is 50.9 Å². The van der Waals surface area contributed by atoms with E-state index >= 15 is 0 Å². The molecule has 0 nitrogen and oxygen atoms in total. The van der Waals surface area contributed by atoms with Gasteiger partial charge in [-0.15, -0.1) is 0 Å². The molecule has 0 aromatic rings. The predicted octanol–water partition coefficient (Wildman–Crippen LogP) is 4.27. The number of hydrogen-bond donors (Lipinski definition) is 0. The van der Waals surface area contributed by atoms with Crippen molar-refractivity contribution in [3.8, 4) is 0 Å². The standard InChI is InChI=1S/C11H21I/c1-8-5-6-9(10(12)7-8)11(2,3)4/h8-10H,5-7H2,1-4H3. The highest BCUT2D eigenvalue weighted by molar-refractivity contribution is 14.1. The number of alkyl halides is 1. The van der Waals surface area contributed by atoms with Gasteiger partial charge in [0.25, 0.3) is 0 Å². The molecule has 0 bridgehead atoms. The van der Waals surface area contributed by atoms with Crippen LogP contribution in [0.1, 0.15) is 47.0 Å². The SMILES string of the molecule is CC1CCC(C(C)(C)C)C(I)C1. The molecule has 1 aliphatic carbocycles. The van der Waals surface area contributed by atoms with Gasteiger partial charge in [0.05, 0.1) is 0 Å². The molecule has 0 saturated heterocycles. The van der Waals surface area contributed by atoms with Crippen molar-refractivity contribution in [3.63, 3.8) is 0 Å². The molecule has 0 spiro atoms. The molecule has 1 aliphatic rings. The quantitative estimate of drug-likeness (QED) is 0.459. The van der Waals surface area contributed by atoms with E-state index < -0.39 is 0 Å². The van der Waals surface area contributed by atoms with E-state index in [1.807, 2.05) is 0 Å². The third kappa shape index (κ3) is 2.61. The first-order valence-electron chi connectivity index (χ1n) is 5.05. The van der Waals surface area contributed by atoms with Gasteiger partial charge < -0.3 is 0 Å². The second kappa shape index (κ2) is 3.85. The average molecular weight is 280 g/mol. The zero-order chi connectivity index (χ0) is 9.35. The molecule has 0 N–H and O–H groups in total. The van der Waals surface area contributed by atoms with Crippen LogP contribution in [0.3, 0.4) is 0 Å². The molecule has 0 amide bonds. The second-order valence-corrected chi connectivity index (χ2v) is 7.01. The molecule has 1 fully saturated rings. The summed E-state index contributed by atoms with van der Waals surface area (Å²) >= 11 is 2.66. The first-order chi connectivity index (χ1) is 5.41. The first kappa shape index (κ1) is 10.8. The van der Waals surface area contributed by atoms with Gasteiger partial charge in [-0.1, -0.05) is 56.7 Å².